The zero-order chi connectivity index (χ0) is 19.4. The van der Waals surface area contributed by atoms with Crippen LogP contribution in [0.5, 0.6) is 17.2 Å². The monoisotopic (exact) mass is 374 g/mol. The van der Waals surface area contributed by atoms with E-state index in [1.165, 1.54) is 33.5 Å². The minimum Gasteiger partial charge on any atom is -0.493 e. The third-order valence-corrected chi connectivity index (χ3v) is 4.68. The van der Waals surface area contributed by atoms with Crippen LogP contribution in [0.2, 0.25) is 0 Å². The summed E-state index contributed by atoms with van der Waals surface area (Å²) in [5.41, 5.74) is 1.47. The van der Waals surface area contributed by atoms with Crippen LogP contribution >= 0.6 is 0 Å². The van der Waals surface area contributed by atoms with Gasteiger partial charge in [0, 0.05) is 18.7 Å². The molecule has 27 heavy (non-hydrogen) atoms. The third kappa shape index (κ3) is 3.92. The first kappa shape index (κ1) is 18.8. The van der Waals surface area contributed by atoms with Crippen molar-refractivity contribution in [3.63, 3.8) is 0 Å². The van der Waals surface area contributed by atoms with E-state index >= 15 is 0 Å². The number of anilines is 1. The lowest BCUT2D eigenvalue weighted by Crippen LogP contribution is -2.34. The number of benzene rings is 2. The van der Waals surface area contributed by atoms with Gasteiger partial charge in [-0.3, -0.25) is 0 Å². The van der Waals surface area contributed by atoms with Gasteiger partial charge in [-0.2, -0.15) is 0 Å². The van der Waals surface area contributed by atoms with Gasteiger partial charge in [0.25, 0.3) is 0 Å². The molecule has 1 atom stereocenters. The Hall–Kier alpha value is -2.96. The lowest BCUT2D eigenvalue weighted by molar-refractivity contribution is 0.207. The van der Waals surface area contributed by atoms with Crippen LogP contribution in [0, 0.1) is 5.82 Å². The summed E-state index contributed by atoms with van der Waals surface area (Å²) in [5, 5.41) is 2.89. The smallest absolute Gasteiger partial charge is 0.322 e. The molecule has 0 aliphatic carbocycles. The van der Waals surface area contributed by atoms with Gasteiger partial charge in [-0.25, -0.2) is 9.18 Å². The quantitative estimate of drug-likeness (QED) is 0.851. The van der Waals surface area contributed by atoms with Gasteiger partial charge in [-0.1, -0.05) is 12.1 Å². The van der Waals surface area contributed by atoms with Crippen molar-refractivity contribution in [2.24, 2.45) is 0 Å². The lowest BCUT2D eigenvalue weighted by atomic mass is 10.0. The van der Waals surface area contributed by atoms with Crippen molar-refractivity contribution in [2.75, 3.05) is 33.2 Å². The molecule has 1 saturated heterocycles. The Balaban J connectivity index is 1.81. The summed E-state index contributed by atoms with van der Waals surface area (Å²) in [6.07, 6.45) is 1.74. The number of likely N-dealkylation sites (tertiary alicyclic amines) is 1. The Morgan fingerprint density at radius 2 is 1.70 bits per heavy atom. The van der Waals surface area contributed by atoms with E-state index in [9.17, 15) is 9.18 Å². The van der Waals surface area contributed by atoms with Crippen LogP contribution in [0.15, 0.2) is 36.4 Å². The lowest BCUT2D eigenvalue weighted by Gasteiger charge is -2.25. The highest BCUT2D eigenvalue weighted by Crippen LogP contribution is 2.40. The molecule has 2 aromatic carbocycles. The average molecular weight is 374 g/mol. The first-order chi connectivity index (χ1) is 13.1. The fourth-order valence-corrected chi connectivity index (χ4v) is 3.39. The van der Waals surface area contributed by atoms with Gasteiger partial charge < -0.3 is 24.4 Å². The van der Waals surface area contributed by atoms with E-state index in [2.05, 4.69) is 5.32 Å². The second-order valence-electron chi connectivity index (χ2n) is 6.25. The average Bonchev–Trinajstić information content (AvgIpc) is 3.17. The SMILES string of the molecule is COc1cc(NC(=O)N2CCCC2c2ccc(F)cc2)cc(OC)c1OC. The van der Waals surface area contributed by atoms with Gasteiger partial charge in [0.2, 0.25) is 5.75 Å². The van der Waals surface area contributed by atoms with Crippen LogP contribution < -0.4 is 19.5 Å². The van der Waals surface area contributed by atoms with E-state index in [1.807, 2.05) is 0 Å². The molecule has 144 valence electrons. The van der Waals surface area contributed by atoms with Crippen molar-refractivity contribution in [3.05, 3.63) is 47.8 Å². The molecule has 0 saturated carbocycles. The van der Waals surface area contributed by atoms with Crippen LogP contribution in [0.25, 0.3) is 0 Å². The van der Waals surface area contributed by atoms with Crippen molar-refractivity contribution in [1.29, 1.82) is 0 Å². The number of rotatable bonds is 5. The number of carbonyl (C=O) groups excluding carboxylic acids is 1. The minimum absolute atomic E-state index is 0.0763. The van der Waals surface area contributed by atoms with Crippen molar-refractivity contribution in [1.82, 2.24) is 4.90 Å². The summed E-state index contributed by atoms with van der Waals surface area (Å²) >= 11 is 0. The van der Waals surface area contributed by atoms with E-state index in [-0.39, 0.29) is 17.9 Å². The maximum absolute atomic E-state index is 13.2. The molecule has 0 aromatic heterocycles. The van der Waals surface area contributed by atoms with Crippen LogP contribution in [-0.4, -0.2) is 38.8 Å². The Labute approximate surface area is 157 Å². The van der Waals surface area contributed by atoms with Gasteiger partial charge in [-0.05, 0) is 30.5 Å². The van der Waals surface area contributed by atoms with Crippen LogP contribution in [-0.2, 0) is 0 Å². The minimum atomic E-state index is -0.287. The standard InChI is InChI=1S/C20H23FN2O4/c1-25-17-11-15(12-18(26-2)19(17)27-3)22-20(24)23-10-4-5-16(23)13-6-8-14(21)9-7-13/h6-9,11-12,16H,4-5,10H2,1-3H3,(H,22,24). The highest BCUT2D eigenvalue weighted by atomic mass is 19.1. The fraction of sp³-hybridized carbons (Fsp3) is 0.350. The number of methoxy groups -OCH3 is 3. The second-order valence-corrected chi connectivity index (χ2v) is 6.25. The topological polar surface area (TPSA) is 60.0 Å². The number of amides is 2. The summed E-state index contributed by atoms with van der Waals surface area (Å²) in [4.78, 5) is 14.6. The normalized spacial score (nSPS) is 16.1. The van der Waals surface area contributed by atoms with E-state index in [0.717, 1.165) is 18.4 Å². The van der Waals surface area contributed by atoms with E-state index < -0.39 is 0 Å². The highest BCUT2D eigenvalue weighted by molar-refractivity contribution is 5.90. The molecule has 7 heteroatoms. The predicted octanol–water partition coefficient (Wildman–Crippen LogP) is 4.22. The fourth-order valence-electron chi connectivity index (χ4n) is 3.39. The molecule has 3 rings (SSSR count). The van der Waals surface area contributed by atoms with Gasteiger partial charge in [0.1, 0.15) is 5.82 Å². The van der Waals surface area contributed by atoms with Gasteiger partial charge in [0.15, 0.2) is 11.5 Å². The van der Waals surface area contributed by atoms with Crippen LogP contribution in [0.4, 0.5) is 14.9 Å². The van der Waals surface area contributed by atoms with Crippen LogP contribution in [0.3, 0.4) is 0 Å². The first-order valence-electron chi connectivity index (χ1n) is 8.70. The molecular weight excluding hydrogens is 351 g/mol. The summed E-state index contributed by atoms with van der Waals surface area (Å²) in [5.74, 6) is 1.10. The molecule has 1 aliphatic rings. The molecule has 1 aliphatic heterocycles. The van der Waals surface area contributed by atoms with Crippen molar-refractivity contribution < 1.29 is 23.4 Å². The molecule has 1 unspecified atom stereocenters. The number of hydrogen-bond donors (Lipinski definition) is 1. The van der Waals surface area contributed by atoms with Gasteiger partial charge in [-0.15, -0.1) is 0 Å². The molecule has 0 spiro atoms. The van der Waals surface area contributed by atoms with Crippen molar-refractivity contribution >= 4 is 11.7 Å². The largest absolute Gasteiger partial charge is 0.493 e. The van der Waals surface area contributed by atoms with Crippen molar-refractivity contribution in [3.8, 4) is 17.2 Å². The highest BCUT2D eigenvalue weighted by Gasteiger charge is 2.30. The van der Waals surface area contributed by atoms with Gasteiger partial charge in [0.05, 0.1) is 33.1 Å². The third-order valence-electron chi connectivity index (χ3n) is 4.68. The zero-order valence-corrected chi connectivity index (χ0v) is 15.6. The Kier molecular flexibility index (Phi) is 5.69. The summed E-state index contributed by atoms with van der Waals surface area (Å²) in [7, 11) is 4.57. The second kappa shape index (κ2) is 8.16. The molecule has 6 nitrogen and oxygen atoms in total. The molecule has 2 amide bonds. The maximum Gasteiger partial charge on any atom is 0.322 e. The molecule has 0 bridgehead atoms. The number of halogens is 1. The molecule has 0 radical (unpaired) electrons. The Bertz CT molecular complexity index is 785. The summed E-state index contributed by atoms with van der Waals surface area (Å²) < 4.78 is 29.1. The van der Waals surface area contributed by atoms with E-state index in [0.29, 0.717) is 29.5 Å². The number of carbonyl (C=O) groups is 1. The summed E-state index contributed by atoms with van der Waals surface area (Å²) in [6, 6.07) is 9.36. The predicted molar refractivity (Wildman–Crippen MR) is 100 cm³/mol. The summed E-state index contributed by atoms with van der Waals surface area (Å²) in [6.45, 7) is 0.637. The zero-order valence-electron chi connectivity index (χ0n) is 15.6. The van der Waals surface area contributed by atoms with Gasteiger partial charge >= 0.3 is 6.03 Å². The van der Waals surface area contributed by atoms with Crippen LogP contribution in [0.1, 0.15) is 24.4 Å². The molecule has 1 fully saturated rings. The molecule has 1 heterocycles. The van der Waals surface area contributed by atoms with E-state index in [1.54, 1.807) is 29.2 Å². The van der Waals surface area contributed by atoms with E-state index in [4.69, 9.17) is 14.2 Å². The first-order valence-corrected chi connectivity index (χ1v) is 8.70. The number of ether oxygens (including phenoxy) is 3. The Morgan fingerprint density at radius 1 is 1.07 bits per heavy atom. The molecular formula is C20H23FN2O4. The maximum atomic E-state index is 13.2. The number of nitrogens with zero attached hydrogens (tertiary/aromatic N) is 1. The number of nitrogens with one attached hydrogen (secondary N) is 1. The molecule has 1 N–H and O–H groups in total. The molecule has 2 aromatic rings. The van der Waals surface area contributed by atoms with Crippen molar-refractivity contribution in [2.45, 2.75) is 18.9 Å². The number of hydrogen-bond acceptors (Lipinski definition) is 4. The Morgan fingerprint density at radius 3 is 2.26 bits per heavy atom. The number of urea groups is 1.